The topological polar surface area (TPSA) is 63.4 Å². The molecule has 2 rings (SSSR count). The number of nitrogens with two attached hydrogens (primary N) is 1. The quantitative estimate of drug-likeness (QED) is 0.815. The van der Waals surface area contributed by atoms with Gasteiger partial charge in [-0.2, -0.15) is 4.31 Å². The van der Waals surface area contributed by atoms with Crippen molar-refractivity contribution in [1.82, 2.24) is 4.31 Å². The molecule has 1 atom stereocenters. The zero-order chi connectivity index (χ0) is 12.6. The molecule has 0 spiro atoms. The van der Waals surface area contributed by atoms with Gasteiger partial charge in [-0.3, -0.25) is 0 Å². The monoisotopic (exact) mass is 254 g/mol. The zero-order valence-corrected chi connectivity index (χ0v) is 11.0. The van der Waals surface area contributed by atoms with Crippen LogP contribution >= 0.6 is 0 Å². The summed E-state index contributed by atoms with van der Waals surface area (Å²) in [6.45, 7) is 5.13. The second kappa shape index (κ2) is 4.31. The molecule has 2 N–H and O–H groups in total. The fourth-order valence-electron chi connectivity index (χ4n) is 2.07. The molecule has 1 heterocycles. The standard InChI is InChI=1S/C12H18N2O2S/c1-9-5-6-14(8-9)17(15,16)11-3-4-12(13)10(2)7-11/h3-4,7,9H,5-6,8,13H2,1-2H3. The lowest BCUT2D eigenvalue weighted by molar-refractivity contribution is 0.464. The van der Waals surface area contributed by atoms with Gasteiger partial charge in [0.05, 0.1) is 4.90 Å². The Morgan fingerprint density at radius 3 is 2.65 bits per heavy atom. The van der Waals surface area contributed by atoms with Gasteiger partial charge in [0.1, 0.15) is 0 Å². The van der Waals surface area contributed by atoms with Crippen LogP contribution in [0.5, 0.6) is 0 Å². The molecule has 1 aromatic rings. The van der Waals surface area contributed by atoms with Gasteiger partial charge in [0.25, 0.3) is 0 Å². The van der Waals surface area contributed by atoms with Gasteiger partial charge in [-0.15, -0.1) is 0 Å². The van der Waals surface area contributed by atoms with E-state index in [9.17, 15) is 8.42 Å². The molecule has 0 saturated carbocycles. The lowest BCUT2D eigenvalue weighted by atomic mass is 10.2. The summed E-state index contributed by atoms with van der Waals surface area (Å²) in [6.07, 6.45) is 0.938. The highest BCUT2D eigenvalue weighted by molar-refractivity contribution is 7.89. The van der Waals surface area contributed by atoms with E-state index in [1.807, 2.05) is 6.92 Å². The van der Waals surface area contributed by atoms with Gasteiger partial charge >= 0.3 is 0 Å². The van der Waals surface area contributed by atoms with Gasteiger partial charge in [-0.05, 0) is 43.0 Å². The average Bonchev–Trinajstić information content (AvgIpc) is 2.69. The average molecular weight is 254 g/mol. The van der Waals surface area contributed by atoms with Crippen LogP contribution in [0.2, 0.25) is 0 Å². The largest absolute Gasteiger partial charge is 0.399 e. The predicted molar refractivity (Wildman–Crippen MR) is 68.1 cm³/mol. The number of hydrogen-bond acceptors (Lipinski definition) is 3. The minimum absolute atomic E-state index is 0.346. The van der Waals surface area contributed by atoms with Crippen molar-refractivity contribution in [3.8, 4) is 0 Å². The highest BCUT2D eigenvalue weighted by Gasteiger charge is 2.30. The molecule has 17 heavy (non-hydrogen) atoms. The normalized spacial score (nSPS) is 21.9. The van der Waals surface area contributed by atoms with Crippen molar-refractivity contribution in [3.05, 3.63) is 23.8 Å². The van der Waals surface area contributed by atoms with Crippen molar-refractivity contribution in [2.75, 3.05) is 18.8 Å². The minimum Gasteiger partial charge on any atom is -0.399 e. The molecule has 1 fully saturated rings. The Kier molecular flexibility index (Phi) is 3.14. The molecule has 0 aromatic heterocycles. The van der Waals surface area contributed by atoms with Crippen LogP contribution in [-0.4, -0.2) is 25.8 Å². The van der Waals surface area contributed by atoms with E-state index in [1.54, 1.807) is 22.5 Å². The maximum atomic E-state index is 12.3. The van der Waals surface area contributed by atoms with Crippen molar-refractivity contribution in [3.63, 3.8) is 0 Å². The van der Waals surface area contributed by atoms with Crippen LogP contribution in [0.1, 0.15) is 18.9 Å². The summed E-state index contributed by atoms with van der Waals surface area (Å²) in [4.78, 5) is 0.346. The fourth-order valence-corrected chi connectivity index (χ4v) is 3.73. The Balaban J connectivity index is 2.35. The summed E-state index contributed by atoms with van der Waals surface area (Å²) in [5, 5.41) is 0. The second-order valence-electron chi connectivity index (χ2n) is 4.78. The van der Waals surface area contributed by atoms with Crippen molar-refractivity contribution >= 4 is 15.7 Å². The third-order valence-corrected chi connectivity index (χ3v) is 5.13. The first-order valence-corrected chi connectivity index (χ1v) is 7.21. The third-order valence-electron chi connectivity index (χ3n) is 3.27. The van der Waals surface area contributed by atoms with Crippen LogP contribution in [-0.2, 0) is 10.0 Å². The van der Waals surface area contributed by atoms with Crippen molar-refractivity contribution in [1.29, 1.82) is 0 Å². The Hall–Kier alpha value is -1.07. The number of nitrogen functional groups attached to an aromatic ring is 1. The highest BCUT2D eigenvalue weighted by atomic mass is 32.2. The van der Waals surface area contributed by atoms with E-state index in [0.29, 0.717) is 29.6 Å². The van der Waals surface area contributed by atoms with Crippen LogP contribution in [0.15, 0.2) is 23.1 Å². The summed E-state index contributed by atoms with van der Waals surface area (Å²) < 4.78 is 26.2. The van der Waals surface area contributed by atoms with Crippen molar-refractivity contribution in [2.24, 2.45) is 5.92 Å². The molecular formula is C12H18N2O2S. The number of aryl methyl sites for hydroxylation is 1. The molecule has 1 saturated heterocycles. The van der Waals surface area contributed by atoms with Gasteiger partial charge in [0.2, 0.25) is 10.0 Å². The summed E-state index contributed by atoms with van der Waals surface area (Å²) in [6, 6.07) is 4.88. The first-order chi connectivity index (χ1) is 7.91. The number of benzene rings is 1. The van der Waals surface area contributed by atoms with Gasteiger partial charge in [0.15, 0.2) is 0 Å². The van der Waals surface area contributed by atoms with E-state index in [4.69, 9.17) is 5.73 Å². The van der Waals surface area contributed by atoms with E-state index in [-0.39, 0.29) is 0 Å². The molecule has 0 radical (unpaired) electrons. The first-order valence-electron chi connectivity index (χ1n) is 5.77. The molecule has 94 valence electrons. The molecule has 1 aromatic carbocycles. The van der Waals surface area contributed by atoms with E-state index >= 15 is 0 Å². The number of sulfonamides is 1. The summed E-state index contributed by atoms with van der Waals surface area (Å²) in [5.41, 5.74) is 7.13. The molecular weight excluding hydrogens is 236 g/mol. The molecule has 0 amide bonds. The second-order valence-corrected chi connectivity index (χ2v) is 6.71. The highest BCUT2D eigenvalue weighted by Crippen LogP contribution is 2.25. The zero-order valence-electron chi connectivity index (χ0n) is 10.2. The predicted octanol–water partition coefficient (Wildman–Crippen LogP) is 1.61. The molecule has 1 aliphatic rings. The SMILES string of the molecule is Cc1cc(S(=O)(=O)N2CCC(C)C2)ccc1N. The van der Waals surface area contributed by atoms with Crippen molar-refractivity contribution in [2.45, 2.75) is 25.2 Å². The number of rotatable bonds is 2. The summed E-state index contributed by atoms with van der Waals surface area (Å²) >= 11 is 0. The van der Waals surface area contributed by atoms with Crippen molar-refractivity contribution < 1.29 is 8.42 Å². The van der Waals surface area contributed by atoms with Crippen LogP contribution in [0.25, 0.3) is 0 Å². The fraction of sp³-hybridized carbons (Fsp3) is 0.500. The molecule has 0 bridgehead atoms. The molecule has 4 nitrogen and oxygen atoms in total. The maximum Gasteiger partial charge on any atom is 0.243 e. The third kappa shape index (κ3) is 2.30. The van der Waals surface area contributed by atoms with E-state index in [0.717, 1.165) is 12.0 Å². The van der Waals surface area contributed by atoms with Crippen LogP contribution in [0.3, 0.4) is 0 Å². The van der Waals surface area contributed by atoms with Gasteiger partial charge in [0, 0.05) is 18.8 Å². The van der Waals surface area contributed by atoms with Gasteiger partial charge in [-0.1, -0.05) is 6.92 Å². The Bertz CT molecular complexity index is 525. The minimum atomic E-state index is -3.33. The Labute approximate surface area is 102 Å². The Morgan fingerprint density at radius 2 is 2.12 bits per heavy atom. The Morgan fingerprint density at radius 1 is 1.41 bits per heavy atom. The molecule has 1 unspecified atom stereocenters. The number of hydrogen-bond donors (Lipinski definition) is 1. The van der Waals surface area contributed by atoms with E-state index < -0.39 is 10.0 Å². The first kappa shape index (κ1) is 12.4. The van der Waals surface area contributed by atoms with E-state index in [1.165, 1.54) is 0 Å². The smallest absolute Gasteiger partial charge is 0.243 e. The lowest BCUT2D eigenvalue weighted by Gasteiger charge is -2.16. The van der Waals surface area contributed by atoms with E-state index in [2.05, 4.69) is 6.92 Å². The van der Waals surface area contributed by atoms with Gasteiger partial charge < -0.3 is 5.73 Å². The number of nitrogens with zero attached hydrogens (tertiary/aromatic N) is 1. The molecule has 5 heteroatoms. The van der Waals surface area contributed by atoms with Crippen LogP contribution < -0.4 is 5.73 Å². The lowest BCUT2D eigenvalue weighted by Crippen LogP contribution is -2.28. The number of anilines is 1. The summed E-state index contributed by atoms with van der Waals surface area (Å²) in [5.74, 6) is 0.444. The summed E-state index contributed by atoms with van der Waals surface area (Å²) in [7, 11) is -3.33. The molecule has 0 aliphatic carbocycles. The van der Waals surface area contributed by atoms with Gasteiger partial charge in [-0.25, -0.2) is 8.42 Å². The maximum absolute atomic E-state index is 12.3. The van der Waals surface area contributed by atoms with Crippen LogP contribution in [0.4, 0.5) is 5.69 Å². The van der Waals surface area contributed by atoms with Crippen LogP contribution in [0, 0.1) is 12.8 Å². The molecule has 1 aliphatic heterocycles.